The van der Waals surface area contributed by atoms with E-state index in [0.717, 1.165) is 25.7 Å². The molecular weight excluding hydrogens is 518 g/mol. The Hall–Kier alpha value is -1.34. The van der Waals surface area contributed by atoms with Gasteiger partial charge in [0.1, 0.15) is 12.7 Å². The van der Waals surface area contributed by atoms with Gasteiger partial charge in [-0.1, -0.05) is 143 Å². The number of carbonyl (C=O) groups excluding carboxylic acids is 2. The smallest absolute Gasteiger partial charge is 0.407 e. The van der Waals surface area contributed by atoms with E-state index in [-0.39, 0.29) is 25.1 Å². The molecule has 7 nitrogen and oxygen atoms in total. The molecule has 2 N–H and O–H groups in total. The maximum atomic E-state index is 12.0. The molecular formula is C34H67NO6. The molecule has 0 saturated heterocycles. The van der Waals surface area contributed by atoms with Gasteiger partial charge in [0, 0.05) is 18.9 Å². The Kier molecular flexibility index (Phi) is 30.6. The number of unbranched alkanes of at least 4 members (excludes halogenated alkanes) is 19. The fourth-order valence-electron chi connectivity index (χ4n) is 4.77. The van der Waals surface area contributed by atoms with E-state index in [4.69, 9.17) is 14.2 Å². The monoisotopic (exact) mass is 585 g/mol. The molecule has 2 atom stereocenters. The lowest BCUT2D eigenvalue weighted by atomic mass is 10.1. The molecule has 0 radical (unpaired) electrons. The zero-order chi connectivity index (χ0) is 30.2. The maximum Gasteiger partial charge on any atom is 0.407 e. The third-order valence-corrected chi connectivity index (χ3v) is 7.43. The van der Waals surface area contributed by atoms with E-state index in [1.165, 1.54) is 109 Å². The Bertz CT molecular complexity index is 525. The van der Waals surface area contributed by atoms with Crippen LogP contribution in [0.4, 0.5) is 4.79 Å². The summed E-state index contributed by atoms with van der Waals surface area (Å²) in [5.74, 6) is -0.112. The molecule has 0 saturated carbocycles. The number of esters is 1. The van der Waals surface area contributed by atoms with Crippen molar-refractivity contribution >= 4 is 12.1 Å². The van der Waals surface area contributed by atoms with Crippen LogP contribution in [0.15, 0.2) is 0 Å². The molecule has 0 aromatic rings. The van der Waals surface area contributed by atoms with E-state index in [1.54, 1.807) is 0 Å². The number of amides is 1. The highest BCUT2D eigenvalue weighted by Gasteiger charge is 2.12. The minimum atomic E-state index is -0.881. The Morgan fingerprint density at radius 2 is 1.05 bits per heavy atom. The molecule has 0 aliphatic rings. The first-order chi connectivity index (χ1) is 20.0. The lowest BCUT2D eigenvalue weighted by Crippen LogP contribution is -2.31. The van der Waals surface area contributed by atoms with Crippen LogP contribution in [0.25, 0.3) is 0 Å². The van der Waals surface area contributed by atoms with Crippen molar-refractivity contribution in [3.63, 3.8) is 0 Å². The highest BCUT2D eigenvalue weighted by atomic mass is 16.6. The van der Waals surface area contributed by atoms with E-state index in [0.29, 0.717) is 26.2 Å². The quantitative estimate of drug-likeness (QED) is 0.0623. The average molecular weight is 586 g/mol. The SMILES string of the molecule is CCCCCCCCCCCCCC(=O)OCC(C)COCC(O)COC(=O)NCCCCCCCCCCCC. The van der Waals surface area contributed by atoms with Crippen LogP contribution in [-0.2, 0) is 19.0 Å². The van der Waals surface area contributed by atoms with Crippen LogP contribution < -0.4 is 5.32 Å². The van der Waals surface area contributed by atoms with Gasteiger partial charge in [-0.15, -0.1) is 0 Å². The first kappa shape index (κ1) is 39.7. The molecule has 41 heavy (non-hydrogen) atoms. The van der Waals surface area contributed by atoms with E-state index >= 15 is 0 Å². The van der Waals surface area contributed by atoms with Crippen molar-refractivity contribution in [2.24, 2.45) is 5.92 Å². The fourth-order valence-corrected chi connectivity index (χ4v) is 4.77. The van der Waals surface area contributed by atoms with E-state index in [9.17, 15) is 14.7 Å². The van der Waals surface area contributed by atoms with Crippen molar-refractivity contribution in [3.05, 3.63) is 0 Å². The lowest BCUT2D eigenvalue weighted by Gasteiger charge is -2.15. The minimum Gasteiger partial charge on any atom is -0.465 e. The van der Waals surface area contributed by atoms with Gasteiger partial charge in [-0.2, -0.15) is 0 Å². The minimum absolute atomic E-state index is 0.0359. The van der Waals surface area contributed by atoms with Crippen LogP contribution in [0.3, 0.4) is 0 Å². The van der Waals surface area contributed by atoms with Gasteiger partial charge in [0.05, 0.1) is 19.8 Å². The van der Waals surface area contributed by atoms with Crippen molar-refractivity contribution in [1.29, 1.82) is 0 Å². The number of aliphatic hydroxyl groups is 1. The number of alkyl carbamates (subject to hydrolysis) is 1. The molecule has 0 aliphatic carbocycles. The zero-order valence-electron chi connectivity index (χ0n) is 27.2. The van der Waals surface area contributed by atoms with Gasteiger partial charge in [-0.3, -0.25) is 4.79 Å². The van der Waals surface area contributed by atoms with Crippen molar-refractivity contribution in [1.82, 2.24) is 5.32 Å². The lowest BCUT2D eigenvalue weighted by molar-refractivity contribution is -0.145. The second kappa shape index (κ2) is 31.6. The molecule has 1 amide bonds. The van der Waals surface area contributed by atoms with Gasteiger partial charge in [0.15, 0.2) is 0 Å². The normalized spacial score (nSPS) is 12.7. The van der Waals surface area contributed by atoms with Gasteiger partial charge in [0.25, 0.3) is 0 Å². The molecule has 0 fully saturated rings. The predicted octanol–water partition coefficient (Wildman–Crippen LogP) is 8.89. The summed E-state index contributed by atoms with van der Waals surface area (Å²) in [4.78, 5) is 23.8. The van der Waals surface area contributed by atoms with Crippen molar-refractivity contribution in [2.45, 2.75) is 168 Å². The average Bonchev–Trinajstić information content (AvgIpc) is 2.96. The molecule has 0 spiro atoms. The summed E-state index contributed by atoms with van der Waals surface area (Å²) in [6, 6.07) is 0. The van der Waals surface area contributed by atoms with Gasteiger partial charge in [-0.25, -0.2) is 4.79 Å². The van der Waals surface area contributed by atoms with E-state index in [2.05, 4.69) is 19.2 Å². The van der Waals surface area contributed by atoms with Crippen molar-refractivity contribution in [3.8, 4) is 0 Å². The summed E-state index contributed by atoms with van der Waals surface area (Å²) in [7, 11) is 0. The van der Waals surface area contributed by atoms with Crippen LogP contribution in [0.5, 0.6) is 0 Å². The van der Waals surface area contributed by atoms with Crippen LogP contribution in [0, 0.1) is 5.92 Å². The van der Waals surface area contributed by atoms with Crippen LogP contribution in [0.1, 0.15) is 162 Å². The summed E-state index contributed by atoms with van der Waals surface area (Å²) in [6.45, 7) is 7.68. The number of carbonyl (C=O) groups is 2. The van der Waals surface area contributed by atoms with Crippen molar-refractivity contribution in [2.75, 3.05) is 33.0 Å². The highest BCUT2D eigenvalue weighted by molar-refractivity contribution is 5.69. The van der Waals surface area contributed by atoms with Crippen LogP contribution in [0.2, 0.25) is 0 Å². The number of aliphatic hydroxyl groups excluding tert-OH is 1. The summed E-state index contributed by atoms with van der Waals surface area (Å²) in [5, 5.41) is 12.7. The van der Waals surface area contributed by atoms with Crippen molar-refractivity contribution < 1.29 is 28.9 Å². The second-order valence-corrected chi connectivity index (χ2v) is 12.0. The molecule has 244 valence electrons. The second-order valence-electron chi connectivity index (χ2n) is 12.0. The first-order valence-electron chi connectivity index (χ1n) is 17.3. The maximum absolute atomic E-state index is 12.0. The molecule has 0 bridgehead atoms. The number of hydrogen-bond acceptors (Lipinski definition) is 6. The third-order valence-electron chi connectivity index (χ3n) is 7.43. The van der Waals surface area contributed by atoms with E-state index in [1.807, 2.05) is 6.92 Å². The predicted molar refractivity (Wildman–Crippen MR) is 169 cm³/mol. The molecule has 0 aliphatic heterocycles. The Morgan fingerprint density at radius 1 is 0.585 bits per heavy atom. The Balaban J connectivity index is 3.50. The summed E-state index contributed by atoms with van der Waals surface area (Å²) in [6.07, 6.45) is 25.5. The third kappa shape index (κ3) is 31.4. The molecule has 7 heteroatoms. The topological polar surface area (TPSA) is 94.1 Å². The number of rotatable bonds is 31. The molecule has 0 heterocycles. The number of ether oxygens (including phenoxy) is 3. The Labute approximate surface area is 253 Å². The van der Waals surface area contributed by atoms with Crippen LogP contribution >= 0.6 is 0 Å². The van der Waals surface area contributed by atoms with Gasteiger partial charge < -0.3 is 24.6 Å². The van der Waals surface area contributed by atoms with Gasteiger partial charge in [0.2, 0.25) is 0 Å². The summed E-state index contributed by atoms with van der Waals surface area (Å²) < 4.78 is 16.0. The molecule has 0 aromatic heterocycles. The molecule has 0 aromatic carbocycles. The fraction of sp³-hybridized carbons (Fsp3) is 0.941. The zero-order valence-corrected chi connectivity index (χ0v) is 27.2. The Morgan fingerprint density at radius 3 is 1.56 bits per heavy atom. The summed E-state index contributed by atoms with van der Waals surface area (Å²) >= 11 is 0. The number of nitrogens with one attached hydrogen (secondary N) is 1. The van der Waals surface area contributed by atoms with Gasteiger partial charge >= 0.3 is 12.1 Å². The first-order valence-corrected chi connectivity index (χ1v) is 17.3. The van der Waals surface area contributed by atoms with Crippen LogP contribution in [-0.4, -0.2) is 56.2 Å². The van der Waals surface area contributed by atoms with E-state index < -0.39 is 12.2 Å². The largest absolute Gasteiger partial charge is 0.465 e. The standard InChI is InChI=1S/C34H67NO6/c1-4-6-8-10-12-14-16-17-19-21-23-25-33(37)40-28-31(3)27-39-29-32(36)30-41-34(38)35-26-24-22-20-18-15-13-11-9-7-5-2/h31-32,36H,4-30H2,1-3H3,(H,35,38). The summed E-state index contributed by atoms with van der Waals surface area (Å²) in [5.41, 5.74) is 0. The number of hydrogen-bond donors (Lipinski definition) is 2. The molecule has 2 unspecified atom stereocenters. The molecule has 0 rings (SSSR count). The van der Waals surface area contributed by atoms with Gasteiger partial charge in [-0.05, 0) is 12.8 Å². The highest BCUT2D eigenvalue weighted by Crippen LogP contribution is 2.13.